The fourth-order valence-electron chi connectivity index (χ4n) is 3.46. The van der Waals surface area contributed by atoms with Crippen molar-refractivity contribution in [1.29, 1.82) is 0 Å². The van der Waals surface area contributed by atoms with Gasteiger partial charge in [-0.2, -0.15) is 0 Å². The molecule has 4 unspecified atom stereocenters. The average molecular weight is 282 g/mol. The summed E-state index contributed by atoms with van der Waals surface area (Å²) in [5, 5.41) is 0. The lowest BCUT2D eigenvalue weighted by molar-refractivity contribution is -0.141. The van der Waals surface area contributed by atoms with Crippen molar-refractivity contribution in [3.63, 3.8) is 0 Å². The molecule has 116 valence electrons. The first-order chi connectivity index (χ1) is 9.61. The molecule has 2 fully saturated rings. The van der Waals surface area contributed by atoms with Crippen LogP contribution in [0.2, 0.25) is 0 Å². The summed E-state index contributed by atoms with van der Waals surface area (Å²) in [6, 6.07) is 0.279. The lowest BCUT2D eigenvalue weighted by Crippen LogP contribution is -2.48. The van der Waals surface area contributed by atoms with Gasteiger partial charge in [-0.25, -0.2) is 0 Å². The van der Waals surface area contributed by atoms with Gasteiger partial charge in [-0.05, 0) is 44.4 Å². The maximum Gasteiger partial charge on any atom is 0.225 e. The van der Waals surface area contributed by atoms with Crippen molar-refractivity contribution in [2.24, 2.45) is 17.6 Å². The third-order valence-electron chi connectivity index (χ3n) is 4.83. The molecular formula is C16H30N2O2. The zero-order valence-corrected chi connectivity index (χ0v) is 13.0. The molecule has 1 saturated carbocycles. The zero-order valence-electron chi connectivity index (χ0n) is 13.0. The summed E-state index contributed by atoms with van der Waals surface area (Å²) in [6.07, 6.45) is 6.36. The number of ether oxygens (including phenoxy) is 1. The van der Waals surface area contributed by atoms with E-state index in [1.54, 1.807) is 0 Å². The van der Waals surface area contributed by atoms with E-state index in [1.807, 2.05) is 4.90 Å². The third kappa shape index (κ3) is 3.95. The molecule has 1 heterocycles. The number of rotatable bonds is 4. The van der Waals surface area contributed by atoms with Crippen LogP contribution in [-0.4, -0.2) is 42.6 Å². The number of piperidine rings is 1. The van der Waals surface area contributed by atoms with Crippen LogP contribution in [0.4, 0.5) is 0 Å². The predicted molar refractivity (Wildman–Crippen MR) is 80.3 cm³/mol. The SMILES string of the molecule is CCCOC1CCCN(C(=O)C2CCC(N)C(C)C2)C1. The van der Waals surface area contributed by atoms with Gasteiger partial charge in [0.25, 0.3) is 0 Å². The Hall–Kier alpha value is -0.610. The summed E-state index contributed by atoms with van der Waals surface area (Å²) < 4.78 is 5.82. The van der Waals surface area contributed by atoms with Gasteiger partial charge < -0.3 is 15.4 Å². The molecule has 0 radical (unpaired) electrons. The predicted octanol–water partition coefficient (Wildman–Crippen LogP) is 2.17. The summed E-state index contributed by atoms with van der Waals surface area (Å²) in [4.78, 5) is 14.7. The van der Waals surface area contributed by atoms with Crippen LogP contribution in [0.5, 0.6) is 0 Å². The molecule has 1 amide bonds. The van der Waals surface area contributed by atoms with Crippen LogP contribution in [0.1, 0.15) is 52.4 Å². The van der Waals surface area contributed by atoms with Crippen molar-refractivity contribution in [2.75, 3.05) is 19.7 Å². The molecule has 1 aliphatic carbocycles. The van der Waals surface area contributed by atoms with Crippen molar-refractivity contribution < 1.29 is 9.53 Å². The van der Waals surface area contributed by atoms with Gasteiger partial charge in [0.05, 0.1) is 6.10 Å². The lowest BCUT2D eigenvalue weighted by atomic mass is 9.78. The number of nitrogens with two attached hydrogens (primary N) is 1. The first-order valence-electron chi connectivity index (χ1n) is 8.27. The zero-order chi connectivity index (χ0) is 14.5. The molecule has 0 aromatic rings. The number of nitrogens with zero attached hydrogens (tertiary/aromatic N) is 1. The molecular weight excluding hydrogens is 252 g/mol. The van der Waals surface area contributed by atoms with Crippen LogP contribution < -0.4 is 5.73 Å². The summed E-state index contributed by atoms with van der Waals surface area (Å²) >= 11 is 0. The number of carbonyl (C=O) groups is 1. The van der Waals surface area contributed by atoms with E-state index in [1.165, 1.54) is 0 Å². The van der Waals surface area contributed by atoms with Crippen molar-refractivity contribution >= 4 is 5.91 Å². The monoisotopic (exact) mass is 282 g/mol. The van der Waals surface area contributed by atoms with E-state index < -0.39 is 0 Å². The van der Waals surface area contributed by atoms with Crippen LogP contribution in [-0.2, 0) is 9.53 Å². The Labute approximate surface area is 123 Å². The smallest absolute Gasteiger partial charge is 0.225 e. The maximum absolute atomic E-state index is 12.7. The second kappa shape index (κ2) is 7.41. The molecule has 0 aromatic heterocycles. The lowest BCUT2D eigenvalue weighted by Gasteiger charge is -2.38. The topological polar surface area (TPSA) is 55.6 Å². The van der Waals surface area contributed by atoms with E-state index in [-0.39, 0.29) is 18.1 Å². The van der Waals surface area contributed by atoms with Crippen LogP contribution in [0.25, 0.3) is 0 Å². The Morgan fingerprint density at radius 1 is 1.35 bits per heavy atom. The van der Waals surface area contributed by atoms with Crippen molar-refractivity contribution in [1.82, 2.24) is 4.90 Å². The van der Waals surface area contributed by atoms with Gasteiger partial charge >= 0.3 is 0 Å². The molecule has 2 aliphatic rings. The summed E-state index contributed by atoms with van der Waals surface area (Å²) in [7, 11) is 0. The largest absolute Gasteiger partial charge is 0.376 e. The van der Waals surface area contributed by atoms with Gasteiger partial charge in [0.2, 0.25) is 5.91 Å². The Balaban J connectivity index is 1.85. The molecule has 1 aliphatic heterocycles. The third-order valence-corrected chi connectivity index (χ3v) is 4.83. The highest BCUT2D eigenvalue weighted by Crippen LogP contribution is 2.30. The fourth-order valence-corrected chi connectivity index (χ4v) is 3.46. The number of hydrogen-bond acceptors (Lipinski definition) is 3. The standard InChI is InChI=1S/C16H30N2O2/c1-3-9-20-14-5-4-8-18(11-14)16(19)13-6-7-15(17)12(2)10-13/h12-15H,3-11,17H2,1-2H3. The van der Waals surface area contributed by atoms with E-state index in [2.05, 4.69) is 13.8 Å². The van der Waals surface area contributed by atoms with Crippen LogP contribution >= 0.6 is 0 Å². The first kappa shape index (κ1) is 15.8. The Morgan fingerprint density at radius 2 is 2.15 bits per heavy atom. The minimum absolute atomic E-state index is 0.190. The van der Waals surface area contributed by atoms with Gasteiger partial charge in [-0.1, -0.05) is 13.8 Å². The first-order valence-corrected chi connectivity index (χ1v) is 8.27. The Morgan fingerprint density at radius 3 is 2.85 bits per heavy atom. The van der Waals surface area contributed by atoms with E-state index in [0.717, 1.165) is 58.2 Å². The minimum atomic E-state index is 0.190. The molecule has 4 nitrogen and oxygen atoms in total. The quantitative estimate of drug-likeness (QED) is 0.859. The van der Waals surface area contributed by atoms with Gasteiger partial charge in [0.1, 0.15) is 0 Å². The maximum atomic E-state index is 12.7. The van der Waals surface area contributed by atoms with Crippen LogP contribution in [0.15, 0.2) is 0 Å². The number of carbonyl (C=O) groups excluding carboxylic acids is 1. The normalized spacial score (nSPS) is 35.0. The van der Waals surface area contributed by atoms with E-state index in [0.29, 0.717) is 11.8 Å². The summed E-state index contributed by atoms with van der Waals surface area (Å²) in [5.74, 6) is 0.998. The molecule has 0 spiro atoms. The van der Waals surface area contributed by atoms with Gasteiger partial charge in [0, 0.05) is 31.7 Å². The molecule has 2 rings (SSSR count). The van der Waals surface area contributed by atoms with Crippen molar-refractivity contribution in [3.8, 4) is 0 Å². The second-order valence-corrected chi connectivity index (χ2v) is 6.57. The van der Waals surface area contributed by atoms with Crippen molar-refractivity contribution in [2.45, 2.75) is 64.5 Å². The molecule has 2 N–H and O–H groups in total. The van der Waals surface area contributed by atoms with E-state index in [9.17, 15) is 4.79 Å². The Bertz CT molecular complexity index is 322. The molecule has 0 bridgehead atoms. The van der Waals surface area contributed by atoms with Crippen LogP contribution in [0.3, 0.4) is 0 Å². The fraction of sp³-hybridized carbons (Fsp3) is 0.938. The number of amides is 1. The highest BCUT2D eigenvalue weighted by Gasteiger charge is 2.33. The van der Waals surface area contributed by atoms with E-state index in [4.69, 9.17) is 10.5 Å². The highest BCUT2D eigenvalue weighted by atomic mass is 16.5. The van der Waals surface area contributed by atoms with Gasteiger partial charge in [-0.15, -0.1) is 0 Å². The summed E-state index contributed by atoms with van der Waals surface area (Å²) in [6.45, 7) is 6.80. The second-order valence-electron chi connectivity index (χ2n) is 6.57. The van der Waals surface area contributed by atoms with Crippen molar-refractivity contribution in [3.05, 3.63) is 0 Å². The van der Waals surface area contributed by atoms with Gasteiger partial charge in [0.15, 0.2) is 0 Å². The number of hydrogen-bond donors (Lipinski definition) is 1. The van der Waals surface area contributed by atoms with E-state index >= 15 is 0 Å². The average Bonchev–Trinajstić information content (AvgIpc) is 2.47. The molecule has 0 aromatic carbocycles. The highest BCUT2D eigenvalue weighted by molar-refractivity contribution is 5.79. The molecule has 1 saturated heterocycles. The van der Waals surface area contributed by atoms with Crippen LogP contribution in [0, 0.1) is 11.8 Å². The number of likely N-dealkylation sites (tertiary alicyclic amines) is 1. The molecule has 4 atom stereocenters. The van der Waals surface area contributed by atoms with Gasteiger partial charge in [-0.3, -0.25) is 4.79 Å². The minimum Gasteiger partial charge on any atom is -0.376 e. The Kier molecular flexibility index (Phi) is 5.85. The molecule has 20 heavy (non-hydrogen) atoms. The summed E-state index contributed by atoms with van der Waals surface area (Å²) in [5.41, 5.74) is 6.05. The molecule has 4 heteroatoms.